The maximum Gasteiger partial charge on any atom is 0.338 e. The molecule has 1 aromatic heterocycles. The third-order valence-corrected chi connectivity index (χ3v) is 3.38. The Balaban J connectivity index is 1.90. The van der Waals surface area contributed by atoms with Gasteiger partial charge in [-0.1, -0.05) is 38.3 Å². The molecule has 4 nitrogen and oxygen atoms in total. The van der Waals surface area contributed by atoms with Gasteiger partial charge in [0.1, 0.15) is 5.76 Å². The Morgan fingerprint density at radius 3 is 2.50 bits per heavy atom. The first kappa shape index (κ1) is 16.0. The van der Waals surface area contributed by atoms with Crippen LogP contribution in [0, 0.1) is 0 Å². The minimum Gasteiger partial charge on any atom is -0.462 e. The molecule has 0 aliphatic heterocycles. The van der Waals surface area contributed by atoms with Crippen LogP contribution in [-0.2, 0) is 4.74 Å². The van der Waals surface area contributed by atoms with Crippen LogP contribution in [0.2, 0.25) is 0 Å². The van der Waals surface area contributed by atoms with Gasteiger partial charge in [0, 0.05) is 5.56 Å². The molecule has 1 heterocycles. The highest BCUT2D eigenvalue weighted by atomic mass is 16.5. The molecule has 1 aromatic carbocycles. The molecular formula is C18H20O4. The largest absolute Gasteiger partial charge is 0.462 e. The Kier molecular flexibility index (Phi) is 5.95. The van der Waals surface area contributed by atoms with Crippen molar-refractivity contribution in [2.24, 2.45) is 0 Å². The zero-order valence-corrected chi connectivity index (χ0v) is 12.7. The van der Waals surface area contributed by atoms with E-state index in [1.807, 2.05) is 0 Å². The first-order chi connectivity index (χ1) is 10.7. The fraction of sp³-hybridized carbons (Fsp3) is 0.333. The molecule has 0 aliphatic carbocycles. The van der Waals surface area contributed by atoms with Gasteiger partial charge in [-0.3, -0.25) is 4.79 Å². The fourth-order valence-electron chi connectivity index (χ4n) is 2.12. The molecule has 0 radical (unpaired) electrons. The molecule has 0 amide bonds. The first-order valence-electron chi connectivity index (χ1n) is 7.57. The molecule has 0 N–H and O–H groups in total. The Morgan fingerprint density at radius 1 is 1.09 bits per heavy atom. The maximum atomic E-state index is 11.9. The van der Waals surface area contributed by atoms with Gasteiger partial charge in [-0.2, -0.15) is 0 Å². The van der Waals surface area contributed by atoms with E-state index in [1.54, 1.807) is 36.4 Å². The van der Waals surface area contributed by atoms with E-state index in [4.69, 9.17) is 9.15 Å². The van der Waals surface area contributed by atoms with E-state index in [-0.39, 0.29) is 11.7 Å². The number of aldehydes is 1. The number of unbranched alkanes of at least 4 members (excludes halogenated alkanes) is 3. The normalized spacial score (nSPS) is 10.4. The molecule has 116 valence electrons. The number of esters is 1. The van der Waals surface area contributed by atoms with Crippen molar-refractivity contribution in [1.29, 1.82) is 0 Å². The number of furan rings is 1. The zero-order chi connectivity index (χ0) is 15.8. The first-order valence-corrected chi connectivity index (χ1v) is 7.57. The quantitative estimate of drug-likeness (QED) is 0.409. The average Bonchev–Trinajstić information content (AvgIpc) is 3.04. The summed E-state index contributed by atoms with van der Waals surface area (Å²) in [5.41, 5.74) is 1.33. The lowest BCUT2D eigenvalue weighted by molar-refractivity contribution is 0.0497. The molecule has 0 unspecified atom stereocenters. The van der Waals surface area contributed by atoms with Crippen LogP contribution in [0.25, 0.3) is 11.3 Å². The lowest BCUT2D eigenvalue weighted by Gasteiger charge is -2.05. The smallest absolute Gasteiger partial charge is 0.338 e. The van der Waals surface area contributed by atoms with E-state index in [2.05, 4.69) is 6.92 Å². The Bertz CT molecular complexity index is 610. The molecule has 0 fully saturated rings. The topological polar surface area (TPSA) is 56.5 Å². The highest BCUT2D eigenvalue weighted by Crippen LogP contribution is 2.22. The SMILES string of the molecule is CCCCCCOC(=O)c1ccc(-c2ccc(C=O)o2)cc1. The summed E-state index contributed by atoms with van der Waals surface area (Å²) in [7, 11) is 0. The number of carbonyl (C=O) groups is 2. The van der Waals surface area contributed by atoms with E-state index in [0.717, 1.165) is 31.2 Å². The molecule has 0 aliphatic rings. The van der Waals surface area contributed by atoms with Crippen molar-refractivity contribution in [2.75, 3.05) is 6.61 Å². The molecule has 0 atom stereocenters. The molecular weight excluding hydrogens is 280 g/mol. The van der Waals surface area contributed by atoms with Gasteiger partial charge < -0.3 is 9.15 Å². The van der Waals surface area contributed by atoms with E-state index < -0.39 is 0 Å². The van der Waals surface area contributed by atoms with Crippen molar-refractivity contribution in [3.8, 4) is 11.3 Å². The number of hydrogen-bond donors (Lipinski definition) is 0. The highest BCUT2D eigenvalue weighted by molar-refractivity contribution is 5.90. The van der Waals surface area contributed by atoms with Crippen LogP contribution in [0.3, 0.4) is 0 Å². The summed E-state index contributed by atoms with van der Waals surface area (Å²) in [6, 6.07) is 10.3. The van der Waals surface area contributed by atoms with Gasteiger partial charge in [0.25, 0.3) is 0 Å². The van der Waals surface area contributed by atoms with E-state index in [0.29, 0.717) is 24.2 Å². The maximum absolute atomic E-state index is 11.9. The Morgan fingerprint density at radius 2 is 1.86 bits per heavy atom. The third-order valence-electron chi connectivity index (χ3n) is 3.38. The molecule has 0 spiro atoms. The number of rotatable bonds is 8. The standard InChI is InChI=1S/C18H20O4/c1-2-3-4-5-12-21-18(20)15-8-6-14(7-9-15)17-11-10-16(13-19)22-17/h6-11,13H,2-5,12H2,1H3. The van der Waals surface area contributed by atoms with Crippen molar-refractivity contribution in [3.05, 3.63) is 47.7 Å². The van der Waals surface area contributed by atoms with Crippen LogP contribution in [0.1, 0.15) is 53.5 Å². The zero-order valence-electron chi connectivity index (χ0n) is 12.7. The van der Waals surface area contributed by atoms with Crippen LogP contribution in [0.4, 0.5) is 0 Å². The van der Waals surface area contributed by atoms with Crippen LogP contribution in [-0.4, -0.2) is 18.9 Å². The van der Waals surface area contributed by atoms with Crippen molar-refractivity contribution < 1.29 is 18.7 Å². The lowest BCUT2D eigenvalue weighted by Crippen LogP contribution is -2.06. The summed E-state index contributed by atoms with van der Waals surface area (Å²) < 4.78 is 10.6. The van der Waals surface area contributed by atoms with Crippen LogP contribution < -0.4 is 0 Å². The second-order valence-electron chi connectivity index (χ2n) is 5.09. The number of benzene rings is 1. The van der Waals surface area contributed by atoms with Crippen LogP contribution in [0.15, 0.2) is 40.8 Å². The van der Waals surface area contributed by atoms with E-state index in [9.17, 15) is 9.59 Å². The lowest BCUT2D eigenvalue weighted by atomic mass is 10.1. The summed E-state index contributed by atoms with van der Waals surface area (Å²) in [5.74, 6) is 0.572. The Hall–Kier alpha value is -2.36. The third kappa shape index (κ3) is 4.32. The summed E-state index contributed by atoms with van der Waals surface area (Å²) in [6.07, 6.45) is 4.97. The van der Waals surface area contributed by atoms with Crippen LogP contribution in [0.5, 0.6) is 0 Å². The molecule has 4 heteroatoms. The molecule has 0 saturated heterocycles. The summed E-state index contributed by atoms with van der Waals surface area (Å²) >= 11 is 0. The van der Waals surface area contributed by atoms with E-state index in [1.165, 1.54) is 0 Å². The molecule has 2 aromatic rings. The van der Waals surface area contributed by atoms with Crippen molar-refractivity contribution in [1.82, 2.24) is 0 Å². The summed E-state index contributed by atoms with van der Waals surface area (Å²) in [4.78, 5) is 22.5. The number of hydrogen-bond acceptors (Lipinski definition) is 4. The van der Waals surface area contributed by atoms with Crippen LogP contribution >= 0.6 is 0 Å². The van der Waals surface area contributed by atoms with E-state index >= 15 is 0 Å². The molecule has 22 heavy (non-hydrogen) atoms. The second kappa shape index (κ2) is 8.17. The summed E-state index contributed by atoms with van der Waals surface area (Å²) in [5, 5.41) is 0. The molecule has 2 rings (SSSR count). The number of carbonyl (C=O) groups excluding carboxylic acids is 2. The monoisotopic (exact) mass is 300 g/mol. The molecule has 0 bridgehead atoms. The molecule has 0 saturated carbocycles. The van der Waals surface area contributed by atoms with Gasteiger partial charge in [-0.25, -0.2) is 4.79 Å². The minimum absolute atomic E-state index is 0.283. The second-order valence-corrected chi connectivity index (χ2v) is 5.09. The minimum atomic E-state index is -0.309. The predicted molar refractivity (Wildman–Crippen MR) is 84.0 cm³/mol. The highest BCUT2D eigenvalue weighted by Gasteiger charge is 2.09. The van der Waals surface area contributed by atoms with Gasteiger partial charge in [-0.15, -0.1) is 0 Å². The van der Waals surface area contributed by atoms with Gasteiger partial charge in [0.2, 0.25) is 0 Å². The van der Waals surface area contributed by atoms with Gasteiger partial charge in [-0.05, 0) is 30.7 Å². The van der Waals surface area contributed by atoms with Gasteiger partial charge in [0.15, 0.2) is 12.0 Å². The number of ether oxygens (including phenoxy) is 1. The van der Waals surface area contributed by atoms with Gasteiger partial charge >= 0.3 is 5.97 Å². The Labute approximate surface area is 130 Å². The van der Waals surface area contributed by atoms with Gasteiger partial charge in [0.05, 0.1) is 12.2 Å². The van der Waals surface area contributed by atoms with Crippen molar-refractivity contribution in [3.63, 3.8) is 0 Å². The predicted octanol–water partition coefficient (Wildman–Crippen LogP) is 4.50. The summed E-state index contributed by atoms with van der Waals surface area (Å²) in [6.45, 7) is 2.60. The average molecular weight is 300 g/mol. The van der Waals surface area contributed by atoms with Crippen molar-refractivity contribution in [2.45, 2.75) is 32.6 Å². The van der Waals surface area contributed by atoms with Crippen molar-refractivity contribution >= 4 is 12.3 Å². The fourth-order valence-corrected chi connectivity index (χ4v) is 2.12.